The van der Waals surface area contributed by atoms with Crippen molar-refractivity contribution >= 4 is 24.2 Å². The Morgan fingerprint density at radius 3 is 2.20 bits per heavy atom. The molecule has 0 bridgehead atoms. The molecule has 4 heteroatoms. The summed E-state index contributed by atoms with van der Waals surface area (Å²) in [6, 6.07) is 0. The highest BCUT2D eigenvalue weighted by atomic mass is 79.9. The van der Waals surface area contributed by atoms with Crippen molar-refractivity contribution in [1.29, 1.82) is 0 Å². The minimum atomic E-state index is -2.04. The number of rotatable bonds is 5. The first kappa shape index (κ1) is 13.7. The number of halogens is 1. The molecular weight excluding hydrogens is 272 g/mol. The summed E-state index contributed by atoms with van der Waals surface area (Å²) in [5.41, 5.74) is 0.344. The Balaban J connectivity index is 2.49. The van der Waals surface area contributed by atoms with Gasteiger partial charge in [0.2, 0.25) is 0 Å². The van der Waals surface area contributed by atoms with Crippen LogP contribution < -0.4 is 0 Å². The van der Waals surface area contributed by atoms with Crippen LogP contribution in [0.15, 0.2) is 0 Å². The standard InChI is InChI=1S/C11H23BrO2Si/c1-10(2,15(3,4)13)5-6-11(7-12)8-14-9-11/h13H,5-9H2,1-4H3. The molecule has 0 aromatic heterocycles. The molecule has 0 aromatic rings. The van der Waals surface area contributed by atoms with E-state index in [-0.39, 0.29) is 5.04 Å². The first-order valence-electron chi connectivity index (χ1n) is 5.59. The molecule has 90 valence electrons. The molecule has 1 rings (SSSR count). The van der Waals surface area contributed by atoms with Crippen LogP contribution in [-0.4, -0.2) is 31.7 Å². The quantitative estimate of drug-likeness (QED) is 0.623. The monoisotopic (exact) mass is 294 g/mol. The van der Waals surface area contributed by atoms with Crippen molar-refractivity contribution in [1.82, 2.24) is 0 Å². The topological polar surface area (TPSA) is 29.5 Å². The Labute approximate surface area is 103 Å². The Bertz CT molecular complexity index is 214. The lowest BCUT2D eigenvalue weighted by Gasteiger charge is -2.44. The van der Waals surface area contributed by atoms with E-state index in [1.165, 1.54) is 0 Å². The zero-order chi connectivity index (χ0) is 11.7. The molecule has 0 radical (unpaired) electrons. The average Bonchev–Trinajstić information content (AvgIpc) is 2.00. The summed E-state index contributed by atoms with van der Waals surface area (Å²) in [5.74, 6) is 0. The second-order valence-corrected chi connectivity index (χ2v) is 11.1. The van der Waals surface area contributed by atoms with E-state index in [2.05, 4.69) is 29.8 Å². The Kier molecular flexibility index (Phi) is 4.08. The molecule has 1 aliphatic rings. The molecule has 1 heterocycles. The van der Waals surface area contributed by atoms with E-state index in [4.69, 9.17) is 4.74 Å². The molecule has 0 atom stereocenters. The SMILES string of the molecule is CC(C)(CCC1(CBr)COC1)[Si](C)(C)O. The molecule has 15 heavy (non-hydrogen) atoms. The molecule has 1 fully saturated rings. The lowest BCUT2D eigenvalue weighted by molar-refractivity contribution is -0.103. The van der Waals surface area contributed by atoms with Crippen LogP contribution in [0.1, 0.15) is 26.7 Å². The third-order valence-corrected chi connectivity index (χ3v) is 8.79. The third kappa shape index (κ3) is 3.05. The van der Waals surface area contributed by atoms with Gasteiger partial charge in [0.05, 0.1) is 13.2 Å². The van der Waals surface area contributed by atoms with Gasteiger partial charge in [-0.2, -0.15) is 0 Å². The summed E-state index contributed by atoms with van der Waals surface area (Å²) >= 11 is 3.57. The van der Waals surface area contributed by atoms with Crippen LogP contribution in [0.3, 0.4) is 0 Å². The zero-order valence-corrected chi connectivity index (χ0v) is 12.9. The fourth-order valence-electron chi connectivity index (χ4n) is 1.56. The number of hydrogen-bond acceptors (Lipinski definition) is 2. The molecule has 1 aliphatic heterocycles. The maximum atomic E-state index is 10.2. The van der Waals surface area contributed by atoms with Crippen molar-refractivity contribution in [3.8, 4) is 0 Å². The first-order chi connectivity index (χ1) is 6.72. The van der Waals surface area contributed by atoms with E-state index in [0.29, 0.717) is 5.41 Å². The van der Waals surface area contributed by atoms with Gasteiger partial charge in [-0.15, -0.1) is 0 Å². The van der Waals surface area contributed by atoms with E-state index in [9.17, 15) is 4.80 Å². The largest absolute Gasteiger partial charge is 0.432 e. The van der Waals surface area contributed by atoms with Crippen molar-refractivity contribution in [3.05, 3.63) is 0 Å². The van der Waals surface area contributed by atoms with Gasteiger partial charge in [0, 0.05) is 10.7 Å². The van der Waals surface area contributed by atoms with Crippen molar-refractivity contribution in [2.24, 2.45) is 5.41 Å². The van der Waals surface area contributed by atoms with Gasteiger partial charge in [0.25, 0.3) is 0 Å². The summed E-state index contributed by atoms with van der Waals surface area (Å²) < 4.78 is 5.30. The smallest absolute Gasteiger partial charge is 0.188 e. The summed E-state index contributed by atoms with van der Waals surface area (Å²) in [5, 5.41) is 1.11. The van der Waals surface area contributed by atoms with Crippen molar-refractivity contribution < 1.29 is 9.53 Å². The molecule has 0 amide bonds. The zero-order valence-electron chi connectivity index (χ0n) is 10.3. The van der Waals surface area contributed by atoms with Gasteiger partial charge in [-0.3, -0.25) is 0 Å². The molecule has 1 N–H and O–H groups in total. The minimum absolute atomic E-state index is 0.0950. The van der Waals surface area contributed by atoms with Crippen molar-refractivity contribution in [3.63, 3.8) is 0 Å². The van der Waals surface area contributed by atoms with E-state index >= 15 is 0 Å². The molecule has 0 unspecified atom stereocenters. The lowest BCUT2D eigenvalue weighted by Crippen LogP contribution is -2.46. The Morgan fingerprint density at radius 1 is 1.40 bits per heavy atom. The lowest BCUT2D eigenvalue weighted by atomic mass is 9.81. The van der Waals surface area contributed by atoms with Crippen LogP contribution >= 0.6 is 15.9 Å². The Morgan fingerprint density at radius 2 is 1.93 bits per heavy atom. The van der Waals surface area contributed by atoms with Crippen molar-refractivity contribution in [2.75, 3.05) is 18.5 Å². The third-order valence-electron chi connectivity index (χ3n) is 4.04. The molecule has 2 nitrogen and oxygen atoms in total. The molecule has 0 saturated carbocycles. The molecular formula is C11H23BrO2Si. The second-order valence-electron chi connectivity index (χ2n) is 6.07. The van der Waals surface area contributed by atoms with Crippen LogP contribution in [0.5, 0.6) is 0 Å². The second kappa shape index (κ2) is 4.47. The Hall–Kier alpha value is 0.617. The highest BCUT2D eigenvalue weighted by molar-refractivity contribution is 9.09. The van der Waals surface area contributed by atoms with Gasteiger partial charge in [-0.25, -0.2) is 0 Å². The maximum absolute atomic E-state index is 10.2. The highest BCUT2D eigenvalue weighted by Crippen LogP contribution is 2.45. The highest BCUT2D eigenvalue weighted by Gasteiger charge is 2.43. The van der Waals surface area contributed by atoms with Crippen LogP contribution in [0.25, 0.3) is 0 Å². The van der Waals surface area contributed by atoms with Crippen LogP contribution in [0, 0.1) is 5.41 Å². The van der Waals surface area contributed by atoms with Crippen LogP contribution in [-0.2, 0) is 4.74 Å². The predicted octanol–water partition coefficient (Wildman–Crippen LogP) is 3.16. The number of ether oxygens (including phenoxy) is 1. The van der Waals surface area contributed by atoms with Crippen LogP contribution in [0.4, 0.5) is 0 Å². The van der Waals surface area contributed by atoms with Gasteiger partial charge >= 0.3 is 0 Å². The van der Waals surface area contributed by atoms with Gasteiger partial charge in [-0.1, -0.05) is 29.8 Å². The molecule has 1 saturated heterocycles. The fraction of sp³-hybridized carbons (Fsp3) is 1.00. The van der Waals surface area contributed by atoms with Gasteiger partial charge in [0.1, 0.15) is 0 Å². The molecule has 0 aliphatic carbocycles. The predicted molar refractivity (Wildman–Crippen MR) is 70.0 cm³/mol. The van der Waals surface area contributed by atoms with Gasteiger partial charge in [-0.05, 0) is 31.0 Å². The average molecular weight is 295 g/mol. The number of alkyl halides is 1. The summed E-state index contributed by atoms with van der Waals surface area (Å²) in [7, 11) is -2.04. The van der Waals surface area contributed by atoms with E-state index in [0.717, 1.165) is 31.4 Å². The molecule has 0 spiro atoms. The van der Waals surface area contributed by atoms with E-state index < -0.39 is 8.32 Å². The minimum Gasteiger partial charge on any atom is -0.432 e. The van der Waals surface area contributed by atoms with Gasteiger partial charge in [0.15, 0.2) is 8.32 Å². The number of hydrogen-bond donors (Lipinski definition) is 1. The summed E-state index contributed by atoms with van der Waals surface area (Å²) in [6.07, 6.45) is 2.25. The summed E-state index contributed by atoms with van der Waals surface area (Å²) in [6.45, 7) is 10.2. The summed E-state index contributed by atoms with van der Waals surface area (Å²) in [4.78, 5) is 10.2. The van der Waals surface area contributed by atoms with Gasteiger partial charge < -0.3 is 9.53 Å². The fourth-order valence-corrected chi connectivity index (χ4v) is 2.90. The van der Waals surface area contributed by atoms with E-state index in [1.54, 1.807) is 0 Å². The normalized spacial score (nSPS) is 21.2. The molecule has 0 aromatic carbocycles. The maximum Gasteiger partial charge on any atom is 0.188 e. The first-order valence-corrected chi connectivity index (χ1v) is 9.65. The van der Waals surface area contributed by atoms with Crippen molar-refractivity contribution in [2.45, 2.75) is 44.8 Å². The van der Waals surface area contributed by atoms with Crippen LogP contribution in [0.2, 0.25) is 18.1 Å². The van der Waals surface area contributed by atoms with E-state index in [1.807, 2.05) is 13.1 Å².